The van der Waals surface area contributed by atoms with Crippen LogP contribution in [-0.2, 0) is 6.42 Å². The van der Waals surface area contributed by atoms with Gasteiger partial charge in [0.25, 0.3) is 0 Å². The molecular weight excluding hydrogens is 232 g/mol. The van der Waals surface area contributed by atoms with Crippen LogP contribution in [0.15, 0.2) is 42.5 Å². The Morgan fingerprint density at radius 1 is 1.00 bits per heavy atom. The molecule has 0 saturated heterocycles. The van der Waals surface area contributed by atoms with Gasteiger partial charge in [0.15, 0.2) is 0 Å². The van der Waals surface area contributed by atoms with Gasteiger partial charge >= 0.3 is 0 Å². The zero-order valence-electron chi connectivity index (χ0n) is 11.4. The third-order valence-electron chi connectivity index (χ3n) is 3.37. The van der Waals surface area contributed by atoms with Gasteiger partial charge < -0.3 is 0 Å². The minimum atomic E-state index is 0.432. The lowest BCUT2D eigenvalue weighted by Gasteiger charge is -2.11. The Kier molecular flexibility index (Phi) is 4.77. The van der Waals surface area contributed by atoms with Gasteiger partial charge in [0.2, 0.25) is 0 Å². The van der Waals surface area contributed by atoms with Crippen LogP contribution in [0.2, 0.25) is 12.1 Å². The molecule has 0 atom stereocenters. The maximum absolute atomic E-state index is 2.27. The van der Waals surface area contributed by atoms with Crippen molar-refractivity contribution in [3.8, 4) is 0 Å². The van der Waals surface area contributed by atoms with Crippen molar-refractivity contribution in [2.24, 2.45) is 0 Å². The van der Waals surface area contributed by atoms with Crippen LogP contribution in [0.5, 0.6) is 0 Å². The van der Waals surface area contributed by atoms with Crippen LogP contribution in [0.4, 0.5) is 0 Å². The fourth-order valence-corrected chi connectivity index (χ4v) is 3.13. The van der Waals surface area contributed by atoms with Gasteiger partial charge in [-0.3, -0.25) is 0 Å². The average Bonchev–Trinajstić information content (AvgIpc) is 2.42. The molecule has 18 heavy (non-hydrogen) atoms. The van der Waals surface area contributed by atoms with Crippen molar-refractivity contribution in [3.63, 3.8) is 0 Å². The van der Waals surface area contributed by atoms with Crippen LogP contribution < -0.4 is 0 Å². The van der Waals surface area contributed by atoms with Crippen LogP contribution in [0.3, 0.4) is 0 Å². The number of rotatable bonds is 2. The quantitative estimate of drug-likeness (QED) is 0.695. The van der Waals surface area contributed by atoms with Gasteiger partial charge in [0.05, 0.1) is 0 Å². The van der Waals surface area contributed by atoms with Crippen molar-refractivity contribution >= 4 is 26.4 Å². The van der Waals surface area contributed by atoms with E-state index in [-0.39, 0.29) is 0 Å². The Balaban J connectivity index is 0.000000209. The maximum atomic E-state index is 2.27. The zero-order valence-corrected chi connectivity index (χ0v) is 12.9. The van der Waals surface area contributed by atoms with Crippen molar-refractivity contribution in [1.82, 2.24) is 0 Å². The lowest BCUT2D eigenvalue weighted by Crippen LogP contribution is -1.91. The topological polar surface area (TPSA) is 0 Å². The molecule has 0 bridgehead atoms. The lowest BCUT2D eigenvalue weighted by molar-refractivity contribution is 1.29. The second kappa shape index (κ2) is 6.55. The van der Waals surface area contributed by atoms with Gasteiger partial charge in [-0.1, -0.05) is 74.5 Å². The predicted molar refractivity (Wildman–Crippen MR) is 86.2 cm³/mol. The Morgan fingerprint density at radius 3 is 2.39 bits per heavy atom. The molecule has 0 unspecified atom stereocenters. The van der Waals surface area contributed by atoms with Gasteiger partial charge in [-0.2, -0.15) is 0 Å². The Labute approximate surface area is 113 Å². The van der Waals surface area contributed by atoms with E-state index in [1.54, 1.807) is 0 Å². The summed E-state index contributed by atoms with van der Waals surface area (Å²) >= 11 is 0. The Hall–Kier alpha value is -1.34. The van der Waals surface area contributed by atoms with E-state index < -0.39 is 0 Å². The first-order valence-electron chi connectivity index (χ1n) is 7.04. The summed E-state index contributed by atoms with van der Waals surface area (Å²) in [6, 6.07) is 16.0. The molecule has 0 amide bonds. The summed E-state index contributed by atoms with van der Waals surface area (Å²) in [4.78, 5) is 0. The van der Waals surface area contributed by atoms with Crippen molar-refractivity contribution in [1.29, 1.82) is 0 Å². The molecule has 0 saturated carbocycles. The van der Waals surface area contributed by atoms with E-state index in [1.807, 2.05) is 0 Å². The highest BCUT2D eigenvalue weighted by molar-refractivity contribution is 6.34. The smallest absolute Gasteiger partial charge is 0.0192 e. The van der Waals surface area contributed by atoms with Gasteiger partial charge in [0, 0.05) is 9.52 Å². The molecule has 2 aromatic rings. The molecule has 2 aromatic carbocycles. The molecule has 1 heteroatoms. The minimum Gasteiger partial charge on any atom is -0.0795 e. The maximum Gasteiger partial charge on any atom is 0.0192 e. The summed E-state index contributed by atoms with van der Waals surface area (Å²) < 4.78 is 0. The first kappa shape index (κ1) is 13.1. The Bertz CT molecular complexity index is 533. The molecule has 0 spiro atoms. The normalized spacial score (nSPS) is 12.1. The largest absolute Gasteiger partial charge is 0.0795 e. The summed E-state index contributed by atoms with van der Waals surface area (Å²) in [6.07, 6.45) is 5.53. The van der Waals surface area contributed by atoms with Crippen molar-refractivity contribution in [2.75, 3.05) is 0 Å². The summed E-state index contributed by atoms with van der Waals surface area (Å²) in [5.41, 5.74) is 2.81. The molecule has 94 valence electrons. The molecule has 0 fully saturated rings. The third-order valence-corrected chi connectivity index (χ3v) is 4.78. The van der Waals surface area contributed by atoms with Crippen molar-refractivity contribution in [3.05, 3.63) is 53.6 Å². The number of hydrogen-bond acceptors (Lipinski definition) is 0. The standard InChI is InChI=1S/C13H10.C4H12Si/c1-4-10-6-2-8-12-9-3-7-11(5-1)13(10)12;1-3-5-4-2/h1-8H,9H2;3-5H2,1-2H3. The van der Waals surface area contributed by atoms with E-state index in [9.17, 15) is 0 Å². The molecule has 0 N–H and O–H groups in total. The molecular formula is C17H22Si. The fraction of sp³-hybridized carbons (Fsp3) is 0.294. The number of hydrogen-bond donors (Lipinski definition) is 0. The molecule has 0 nitrogen and oxygen atoms in total. The Morgan fingerprint density at radius 2 is 1.72 bits per heavy atom. The highest BCUT2D eigenvalue weighted by Gasteiger charge is 2.06. The highest BCUT2D eigenvalue weighted by Crippen LogP contribution is 2.27. The van der Waals surface area contributed by atoms with Gasteiger partial charge in [-0.25, -0.2) is 0 Å². The number of benzene rings is 2. The monoisotopic (exact) mass is 254 g/mol. The van der Waals surface area contributed by atoms with E-state index in [0.717, 1.165) is 6.42 Å². The first-order valence-corrected chi connectivity index (χ1v) is 9.04. The third kappa shape index (κ3) is 2.91. The van der Waals surface area contributed by atoms with Gasteiger partial charge in [-0.05, 0) is 28.3 Å². The van der Waals surface area contributed by atoms with Crippen LogP contribution in [0.1, 0.15) is 25.0 Å². The molecule has 0 heterocycles. The SMILES string of the molecule is C1=Cc2cccc3cccc(c23)C1.CC[SiH2]CC. The molecule has 1 aliphatic carbocycles. The molecule has 3 rings (SSSR count). The molecule has 0 radical (unpaired) electrons. The second-order valence-electron chi connectivity index (χ2n) is 4.82. The van der Waals surface area contributed by atoms with Crippen LogP contribution in [0.25, 0.3) is 16.8 Å². The van der Waals surface area contributed by atoms with E-state index in [2.05, 4.69) is 62.4 Å². The van der Waals surface area contributed by atoms with Crippen LogP contribution >= 0.6 is 0 Å². The minimum absolute atomic E-state index is 0.432. The van der Waals surface area contributed by atoms with Gasteiger partial charge in [0.1, 0.15) is 0 Å². The predicted octanol–water partition coefficient (Wildman–Crippen LogP) is 4.44. The molecule has 1 aliphatic rings. The molecule has 0 aliphatic heterocycles. The van der Waals surface area contributed by atoms with E-state index >= 15 is 0 Å². The van der Waals surface area contributed by atoms with Gasteiger partial charge in [-0.15, -0.1) is 0 Å². The van der Waals surface area contributed by atoms with Crippen LogP contribution in [-0.4, -0.2) is 9.52 Å². The molecule has 0 aromatic heterocycles. The van der Waals surface area contributed by atoms with E-state index in [4.69, 9.17) is 0 Å². The average molecular weight is 254 g/mol. The summed E-state index contributed by atoms with van der Waals surface area (Å²) in [7, 11) is 0.432. The lowest BCUT2D eigenvalue weighted by atomic mass is 9.93. The zero-order chi connectivity index (χ0) is 12.8. The summed E-state index contributed by atoms with van der Waals surface area (Å²) in [6.45, 7) is 4.55. The van der Waals surface area contributed by atoms with Crippen molar-refractivity contribution < 1.29 is 0 Å². The van der Waals surface area contributed by atoms with E-state index in [1.165, 1.54) is 34.0 Å². The van der Waals surface area contributed by atoms with Crippen LogP contribution in [0, 0.1) is 0 Å². The van der Waals surface area contributed by atoms with E-state index in [0.29, 0.717) is 9.52 Å². The number of allylic oxidation sites excluding steroid dienone is 1. The first-order chi connectivity index (χ1) is 8.86. The fourth-order valence-electron chi connectivity index (χ4n) is 2.43. The summed E-state index contributed by atoms with van der Waals surface area (Å²) in [5, 5.41) is 2.80. The highest BCUT2D eigenvalue weighted by atomic mass is 28.2. The summed E-state index contributed by atoms with van der Waals surface area (Å²) in [5.74, 6) is 0. The van der Waals surface area contributed by atoms with Crippen molar-refractivity contribution in [2.45, 2.75) is 32.4 Å². The second-order valence-corrected chi connectivity index (χ2v) is 7.53.